The number of hydrogen-bond donors (Lipinski definition) is 1. The van der Waals surface area contributed by atoms with Crippen LogP contribution in [-0.2, 0) is 14.6 Å². The van der Waals surface area contributed by atoms with E-state index in [1.807, 2.05) is 31.2 Å². The lowest BCUT2D eigenvalue weighted by molar-refractivity contribution is -0.131. The molecule has 0 spiro atoms. The highest BCUT2D eigenvalue weighted by Crippen LogP contribution is 2.12. The van der Waals surface area contributed by atoms with Crippen LogP contribution in [0.4, 0.5) is 0 Å². The molecule has 1 amide bonds. The highest BCUT2D eigenvalue weighted by atomic mass is 32.2. The van der Waals surface area contributed by atoms with Gasteiger partial charge in [0, 0.05) is 13.3 Å². The minimum atomic E-state index is -3.11. The first-order valence-electron chi connectivity index (χ1n) is 7.07. The molecule has 7 heteroatoms. The Balaban J connectivity index is 2.37. The molecule has 124 valence electrons. The van der Waals surface area contributed by atoms with Gasteiger partial charge in [0.05, 0.1) is 18.3 Å². The van der Waals surface area contributed by atoms with Crippen LogP contribution in [0.25, 0.3) is 0 Å². The normalized spacial score (nSPS) is 12.7. The quantitative estimate of drug-likeness (QED) is 0.754. The molecule has 0 aromatic heterocycles. The monoisotopic (exact) mass is 328 g/mol. The summed E-state index contributed by atoms with van der Waals surface area (Å²) in [7, 11) is -1.48. The summed E-state index contributed by atoms with van der Waals surface area (Å²) >= 11 is 0. The van der Waals surface area contributed by atoms with Crippen molar-refractivity contribution in [3.05, 3.63) is 29.8 Å². The van der Waals surface area contributed by atoms with Crippen LogP contribution in [0.15, 0.2) is 24.3 Å². The van der Waals surface area contributed by atoms with Gasteiger partial charge in [-0.2, -0.15) is 0 Å². The van der Waals surface area contributed by atoms with Gasteiger partial charge in [0.25, 0.3) is 0 Å². The van der Waals surface area contributed by atoms with Crippen molar-refractivity contribution in [1.82, 2.24) is 4.90 Å². The van der Waals surface area contributed by atoms with Gasteiger partial charge in [0.15, 0.2) is 0 Å². The molecule has 1 unspecified atom stereocenters. The minimum absolute atomic E-state index is 0.0897. The molecule has 1 aromatic carbocycles. The predicted octanol–water partition coefficient (Wildman–Crippen LogP) is 0.594. The smallest absolute Gasteiger partial charge is 0.239 e. The number of carbonyl (C=O) groups excluding carboxylic acids is 1. The molecule has 0 aliphatic rings. The van der Waals surface area contributed by atoms with Gasteiger partial charge in [-0.3, -0.25) is 4.79 Å². The molecule has 2 N–H and O–H groups in total. The summed E-state index contributed by atoms with van der Waals surface area (Å²) in [5, 5.41) is 0. The molecule has 0 aliphatic carbocycles. The third-order valence-electron chi connectivity index (χ3n) is 3.18. The summed E-state index contributed by atoms with van der Waals surface area (Å²) < 4.78 is 27.7. The first kappa shape index (κ1) is 18.4. The van der Waals surface area contributed by atoms with E-state index in [4.69, 9.17) is 10.5 Å². The Morgan fingerprint density at radius 3 is 2.68 bits per heavy atom. The molecule has 0 heterocycles. The van der Waals surface area contributed by atoms with Gasteiger partial charge in [0.1, 0.15) is 22.2 Å². The maximum Gasteiger partial charge on any atom is 0.239 e. The summed E-state index contributed by atoms with van der Waals surface area (Å²) in [5.74, 6) is 0.381. The molecule has 1 rings (SSSR count). The Labute approximate surface area is 132 Å². The van der Waals surface area contributed by atoms with E-state index >= 15 is 0 Å². The van der Waals surface area contributed by atoms with Gasteiger partial charge < -0.3 is 15.4 Å². The van der Waals surface area contributed by atoms with Gasteiger partial charge in [-0.25, -0.2) is 8.42 Å². The van der Waals surface area contributed by atoms with E-state index in [-0.39, 0.29) is 18.1 Å². The number of rotatable bonds is 8. The van der Waals surface area contributed by atoms with E-state index in [2.05, 4.69) is 0 Å². The summed E-state index contributed by atoms with van der Waals surface area (Å²) in [6, 6.07) is 6.84. The standard InChI is InChI=1S/C15H24N2O4S/c1-12-5-4-6-13(11-12)21-9-8-17(2)15(18)14(16)7-10-22(3,19)20/h4-6,11,14H,7-10,16H2,1-3H3. The number of ether oxygens (including phenoxy) is 1. The number of hydrogen-bond acceptors (Lipinski definition) is 5. The minimum Gasteiger partial charge on any atom is -0.492 e. The molecule has 0 saturated heterocycles. The largest absolute Gasteiger partial charge is 0.492 e. The molecule has 1 aromatic rings. The van der Waals surface area contributed by atoms with E-state index in [1.165, 1.54) is 4.90 Å². The average Bonchev–Trinajstić information content (AvgIpc) is 2.43. The highest BCUT2D eigenvalue weighted by molar-refractivity contribution is 7.90. The fourth-order valence-corrected chi connectivity index (χ4v) is 2.55. The van der Waals surface area contributed by atoms with Gasteiger partial charge in [-0.05, 0) is 31.0 Å². The molecular weight excluding hydrogens is 304 g/mol. The Morgan fingerprint density at radius 2 is 2.09 bits per heavy atom. The van der Waals surface area contributed by atoms with Crippen molar-refractivity contribution in [3.8, 4) is 5.75 Å². The fourth-order valence-electron chi connectivity index (χ4n) is 1.86. The lowest BCUT2D eigenvalue weighted by Crippen LogP contribution is -2.44. The Morgan fingerprint density at radius 1 is 1.41 bits per heavy atom. The van der Waals surface area contributed by atoms with Crippen molar-refractivity contribution in [2.45, 2.75) is 19.4 Å². The fraction of sp³-hybridized carbons (Fsp3) is 0.533. The lowest BCUT2D eigenvalue weighted by atomic mass is 10.2. The molecule has 6 nitrogen and oxygen atoms in total. The molecule has 1 atom stereocenters. The second kappa shape index (κ2) is 8.14. The van der Waals surface area contributed by atoms with Crippen LogP contribution in [0.1, 0.15) is 12.0 Å². The summed E-state index contributed by atoms with van der Waals surface area (Å²) in [5.41, 5.74) is 6.83. The van der Waals surface area contributed by atoms with Crippen molar-refractivity contribution in [2.24, 2.45) is 5.73 Å². The zero-order chi connectivity index (χ0) is 16.8. The molecule has 22 heavy (non-hydrogen) atoms. The van der Waals surface area contributed by atoms with Gasteiger partial charge >= 0.3 is 0 Å². The number of nitrogens with zero attached hydrogens (tertiary/aromatic N) is 1. The molecule has 0 bridgehead atoms. The van der Waals surface area contributed by atoms with Crippen LogP contribution in [0.3, 0.4) is 0 Å². The van der Waals surface area contributed by atoms with Gasteiger partial charge in [-0.15, -0.1) is 0 Å². The SMILES string of the molecule is Cc1cccc(OCCN(C)C(=O)C(N)CCS(C)(=O)=O)c1. The van der Waals surface area contributed by atoms with Gasteiger partial charge in [0.2, 0.25) is 5.91 Å². The van der Waals surface area contributed by atoms with Crippen LogP contribution in [0.2, 0.25) is 0 Å². The first-order chi connectivity index (χ1) is 10.2. The molecule has 0 saturated carbocycles. The van der Waals surface area contributed by atoms with Gasteiger partial charge in [-0.1, -0.05) is 12.1 Å². The second-order valence-corrected chi connectivity index (χ2v) is 7.71. The summed E-state index contributed by atoms with van der Waals surface area (Å²) in [6.45, 7) is 2.72. The second-order valence-electron chi connectivity index (χ2n) is 5.45. The number of sulfone groups is 1. The van der Waals surface area contributed by atoms with Crippen molar-refractivity contribution in [1.29, 1.82) is 0 Å². The molecule has 0 radical (unpaired) electrons. The van der Waals surface area contributed by atoms with Crippen LogP contribution in [0, 0.1) is 6.92 Å². The predicted molar refractivity (Wildman–Crippen MR) is 86.6 cm³/mol. The number of likely N-dealkylation sites (N-methyl/N-ethyl adjacent to an activating group) is 1. The summed E-state index contributed by atoms with van der Waals surface area (Å²) in [4.78, 5) is 13.5. The highest BCUT2D eigenvalue weighted by Gasteiger charge is 2.19. The zero-order valence-electron chi connectivity index (χ0n) is 13.3. The van der Waals surface area contributed by atoms with Crippen LogP contribution >= 0.6 is 0 Å². The Hall–Kier alpha value is -1.60. The third-order valence-corrected chi connectivity index (χ3v) is 4.16. The average molecular weight is 328 g/mol. The van der Waals surface area contributed by atoms with E-state index in [0.29, 0.717) is 13.2 Å². The maximum atomic E-state index is 12.0. The van der Waals surface area contributed by atoms with E-state index in [9.17, 15) is 13.2 Å². The van der Waals surface area contributed by atoms with E-state index < -0.39 is 15.9 Å². The number of carbonyl (C=O) groups is 1. The Kier molecular flexibility index (Phi) is 6.83. The number of amides is 1. The van der Waals surface area contributed by atoms with Crippen LogP contribution in [-0.4, -0.2) is 57.5 Å². The van der Waals surface area contributed by atoms with E-state index in [0.717, 1.165) is 17.6 Å². The lowest BCUT2D eigenvalue weighted by Gasteiger charge is -2.21. The molecule has 0 aliphatic heterocycles. The van der Waals surface area contributed by atoms with Crippen molar-refractivity contribution in [3.63, 3.8) is 0 Å². The Bertz CT molecular complexity index is 601. The van der Waals surface area contributed by atoms with Crippen molar-refractivity contribution >= 4 is 15.7 Å². The molecular formula is C15H24N2O4S. The summed E-state index contributed by atoms with van der Waals surface area (Å²) in [6.07, 6.45) is 1.25. The first-order valence-corrected chi connectivity index (χ1v) is 9.13. The van der Waals surface area contributed by atoms with Crippen molar-refractivity contribution < 1.29 is 17.9 Å². The maximum absolute atomic E-state index is 12.0. The van der Waals surface area contributed by atoms with Crippen LogP contribution in [0.5, 0.6) is 5.75 Å². The third kappa shape index (κ3) is 6.91. The van der Waals surface area contributed by atoms with Crippen LogP contribution < -0.4 is 10.5 Å². The number of aryl methyl sites for hydroxylation is 1. The topological polar surface area (TPSA) is 89.7 Å². The van der Waals surface area contributed by atoms with E-state index in [1.54, 1.807) is 7.05 Å². The molecule has 0 fully saturated rings. The van der Waals surface area contributed by atoms with Crippen molar-refractivity contribution in [2.75, 3.05) is 32.2 Å². The number of benzene rings is 1. The number of nitrogens with two attached hydrogens (primary N) is 1. The zero-order valence-corrected chi connectivity index (χ0v) is 14.1.